The Kier molecular flexibility index (Phi) is 8.07. The van der Waals surface area contributed by atoms with Crippen LogP contribution in [-0.2, 0) is 5.41 Å². The zero-order valence-electron chi connectivity index (χ0n) is 15.9. The van der Waals surface area contributed by atoms with Crippen LogP contribution in [-0.4, -0.2) is 53.2 Å². The Labute approximate surface area is 169 Å². The van der Waals surface area contributed by atoms with E-state index in [-0.39, 0.29) is 31.5 Å². The zero-order valence-corrected chi connectivity index (χ0v) is 16.7. The maximum atomic E-state index is 14.4. The summed E-state index contributed by atoms with van der Waals surface area (Å²) in [4.78, 5) is 0. The average Bonchev–Trinajstić information content (AvgIpc) is 2.70. The summed E-state index contributed by atoms with van der Waals surface area (Å²) < 4.78 is 25.1. The topological polar surface area (TPSA) is 79.2 Å². The van der Waals surface area contributed by atoms with Gasteiger partial charge < -0.3 is 24.8 Å². The van der Waals surface area contributed by atoms with Crippen LogP contribution < -0.4 is 9.47 Å². The SMILES string of the molecule is CC(C)(c1ccc(OC[C@@H](O)CO)cc1)c1ccc(OC[C@H](O)CCl)c(F)c1. The third-order valence-corrected chi connectivity index (χ3v) is 4.85. The summed E-state index contributed by atoms with van der Waals surface area (Å²) in [6.45, 7) is 3.52. The lowest BCUT2D eigenvalue weighted by atomic mass is 9.78. The van der Waals surface area contributed by atoms with E-state index in [1.54, 1.807) is 24.3 Å². The van der Waals surface area contributed by atoms with Crippen LogP contribution in [0.4, 0.5) is 4.39 Å². The summed E-state index contributed by atoms with van der Waals surface area (Å²) in [6, 6.07) is 12.0. The highest BCUT2D eigenvalue weighted by Crippen LogP contribution is 2.34. The number of hydrogen-bond donors (Lipinski definition) is 3. The molecule has 0 aliphatic rings. The van der Waals surface area contributed by atoms with Crippen LogP contribution in [0.2, 0.25) is 0 Å². The van der Waals surface area contributed by atoms with Crippen molar-refractivity contribution >= 4 is 11.6 Å². The number of halogens is 2. The summed E-state index contributed by atoms with van der Waals surface area (Å²) in [6.07, 6.45) is -1.78. The molecule has 0 fully saturated rings. The van der Waals surface area contributed by atoms with E-state index in [9.17, 15) is 14.6 Å². The molecule has 28 heavy (non-hydrogen) atoms. The normalized spacial score (nSPS) is 13.8. The minimum Gasteiger partial charge on any atom is -0.491 e. The number of alkyl halides is 1. The van der Waals surface area contributed by atoms with E-state index >= 15 is 0 Å². The first-order valence-electron chi connectivity index (χ1n) is 8.97. The van der Waals surface area contributed by atoms with Crippen LogP contribution >= 0.6 is 11.6 Å². The van der Waals surface area contributed by atoms with Crippen LogP contribution in [0.1, 0.15) is 25.0 Å². The van der Waals surface area contributed by atoms with Gasteiger partial charge in [0.25, 0.3) is 0 Å². The lowest BCUT2D eigenvalue weighted by molar-refractivity contribution is 0.0536. The summed E-state index contributed by atoms with van der Waals surface area (Å²) >= 11 is 5.51. The Morgan fingerprint density at radius 2 is 1.57 bits per heavy atom. The van der Waals surface area contributed by atoms with E-state index in [0.717, 1.165) is 11.1 Å². The van der Waals surface area contributed by atoms with Crippen molar-refractivity contribution in [3.63, 3.8) is 0 Å². The van der Waals surface area contributed by atoms with Gasteiger partial charge in [0.15, 0.2) is 11.6 Å². The van der Waals surface area contributed by atoms with Gasteiger partial charge in [0, 0.05) is 5.41 Å². The van der Waals surface area contributed by atoms with Crippen LogP contribution in [0.15, 0.2) is 42.5 Å². The van der Waals surface area contributed by atoms with Gasteiger partial charge in [-0.25, -0.2) is 4.39 Å². The number of rotatable bonds is 10. The van der Waals surface area contributed by atoms with E-state index in [1.807, 2.05) is 26.0 Å². The van der Waals surface area contributed by atoms with Crippen molar-refractivity contribution in [1.82, 2.24) is 0 Å². The predicted octanol–water partition coefficient (Wildman–Crippen LogP) is 2.86. The van der Waals surface area contributed by atoms with Crippen molar-refractivity contribution < 1.29 is 29.2 Å². The first-order chi connectivity index (χ1) is 13.3. The molecule has 0 unspecified atom stereocenters. The maximum Gasteiger partial charge on any atom is 0.165 e. The first kappa shape index (κ1) is 22.4. The lowest BCUT2D eigenvalue weighted by Crippen LogP contribution is -2.22. The molecule has 2 atom stereocenters. The molecule has 0 radical (unpaired) electrons. The smallest absolute Gasteiger partial charge is 0.165 e. The lowest BCUT2D eigenvalue weighted by Gasteiger charge is -2.27. The Morgan fingerprint density at radius 3 is 2.14 bits per heavy atom. The molecule has 0 saturated carbocycles. The number of hydrogen-bond acceptors (Lipinski definition) is 5. The number of aliphatic hydroxyl groups is 3. The molecule has 0 spiro atoms. The van der Waals surface area contributed by atoms with Gasteiger partial charge in [0.1, 0.15) is 31.2 Å². The predicted molar refractivity (Wildman–Crippen MR) is 106 cm³/mol. The fourth-order valence-electron chi connectivity index (χ4n) is 2.62. The van der Waals surface area contributed by atoms with Gasteiger partial charge in [-0.05, 0) is 35.4 Å². The number of benzene rings is 2. The molecule has 154 valence electrons. The fraction of sp³-hybridized carbons (Fsp3) is 0.429. The van der Waals surface area contributed by atoms with Gasteiger partial charge in [-0.1, -0.05) is 32.0 Å². The van der Waals surface area contributed by atoms with Crippen LogP contribution in [0.25, 0.3) is 0 Å². The van der Waals surface area contributed by atoms with Gasteiger partial charge in [-0.3, -0.25) is 0 Å². The fourth-order valence-corrected chi connectivity index (χ4v) is 2.71. The Bertz CT molecular complexity index is 751. The summed E-state index contributed by atoms with van der Waals surface area (Å²) in [7, 11) is 0. The number of ether oxygens (including phenoxy) is 2. The Hall–Kier alpha value is -1.86. The van der Waals surface area contributed by atoms with Crippen molar-refractivity contribution in [3.8, 4) is 11.5 Å². The molecule has 0 heterocycles. The second kappa shape index (κ2) is 10.1. The highest BCUT2D eigenvalue weighted by molar-refractivity contribution is 6.18. The molecule has 5 nitrogen and oxygen atoms in total. The van der Waals surface area contributed by atoms with E-state index < -0.39 is 23.4 Å². The summed E-state index contributed by atoms with van der Waals surface area (Å²) in [5, 5.41) is 27.6. The number of aliphatic hydroxyl groups excluding tert-OH is 3. The standard InChI is InChI=1S/C21H26ClFO5/c1-21(2,14-3-6-18(7-4-14)27-13-17(26)11-24)15-5-8-20(19(23)9-15)28-12-16(25)10-22/h3-9,16-17,24-26H,10-13H2,1-2H3/t16-,17+/m1/s1. The molecular formula is C21H26ClFO5. The molecule has 2 aromatic rings. The molecule has 2 rings (SSSR count). The van der Waals surface area contributed by atoms with Gasteiger partial charge >= 0.3 is 0 Å². The molecule has 3 N–H and O–H groups in total. The minimum atomic E-state index is -0.926. The largest absolute Gasteiger partial charge is 0.491 e. The van der Waals surface area contributed by atoms with E-state index in [1.165, 1.54) is 6.07 Å². The van der Waals surface area contributed by atoms with Gasteiger partial charge in [-0.2, -0.15) is 0 Å². The molecule has 0 aromatic heterocycles. The van der Waals surface area contributed by atoms with Gasteiger partial charge in [0.05, 0.1) is 12.5 Å². The van der Waals surface area contributed by atoms with Crippen molar-refractivity contribution in [3.05, 3.63) is 59.4 Å². The first-order valence-corrected chi connectivity index (χ1v) is 9.50. The average molecular weight is 413 g/mol. The van der Waals surface area contributed by atoms with Crippen molar-refractivity contribution in [2.45, 2.75) is 31.5 Å². The van der Waals surface area contributed by atoms with Crippen molar-refractivity contribution in [2.75, 3.05) is 25.7 Å². The van der Waals surface area contributed by atoms with Crippen LogP contribution in [0.3, 0.4) is 0 Å². The molecule has 0 aliphatic carbocycles. The third kappa shape index (κ3) is 5.82. The highest BCUT2D eigenvalue weighted by Gasteiger charge is 2.24. The second-order valence-electron chi connectivity index (χ2n) is 7.06. The van der Waals surface area contributed by atoms with E-state index in [2.05, 4.69) is 0 Å². The molecule has 0 bridgehead atoms. The van der Waals surface area contributed by atoms with Crippen molar-refractivity contribution in [1.29, 1.82) is 0 Å². The van der Waals surface area contributed by atoms with E-state index in [4.69, 9.17) is 26.2 Å². The highest BCUT2D eigenvalue weighted by atomic mass is 35.5. The summed E-state index contributed by atoms with van der Waals surface area (Å²) in [5.74, 6) is 0.144. The van der Waals surface area contributed by atoms with Gasteiger partial charge in [0.2, 0.25) is 0 Å². The monoisotopic (exact) mass is 412 g/mol. The minimum absolute atomic E-state index is 0.00429. The second-order valence-corrected chi connectivity index (χ2v) is 7.37. The quantitative estimate of drug-likeness (QED) is 0.523. The third-order valence-electron chi connectivity index (χ3n) is 4.49. The molecule has 0 aliphatic heterocycles. The van der Waals surface area contributed by atoms with Gasteiger partial charge in [-0.15, -0.1) is 11.6 Å². The molecule has 2 aromatic carbocycles. The Morgan fingerprint density at radius 1 is 0.964 bits per heavy atom. The molecule has 0 saturated heterocycles. The van der Waals surface area contributed by atoms with Crippen LogP contribution in [0.5, 0.6) is 11.5 Å². The van der Waals surface area contributed by atoms with E-state index in [0.29, 0.717) is 5.75 Å². The summed E-state index contributed by atoms with van der Waals surface area (Å²) in [5.41, 5.74) is 1.24. The Balaban J connectivity index is 2.11. The molecule has 0 amide bonds. The van der Waals surface area contributed by atoms with Crippen LogP contribution in [0, 0.1) is 5.82 Å². The van der Waals surface area contributed by atoms with Crippen molar-refractivity contribution in [2.24, 2.45) is 0 Å². The maximum absolute atomic E-state index is 14.4. The molecular weight excluding hydrogens is 387 g/mol. The molecule has 7 heteroatoms. The zero-order chi connectivity index (χ0) is 20.7.